The van der Waals surface area contributed by atoms with Gasteiger partial charge in [0, 0.05) is 31.0 Å². The third-order valence-electron chi connectivity index (χ3n) is 3.66. The van der Waals surface area contributed by atoms with Gasteiger partial charge in [0.2, 0.25) is 0 Å². The summed E-state index contributed by atoms with van der Waals surface area (Å²) in [6.45, 7) is 3.00. The summed E-state index contributed by atoms with van der Waals surface area (Å²) in [6.07, 6.45) is 7.00. The molecule has 0 bridgehead atoms. The minimum absolute atomic E-state index is 0.0968. The smallest absolute Gasteiger partial charge is 0.0558 e. The van der Waals surface area contributed by atoms with E-state index in [0.717, 1.165) is 6.42 Å². The first kappa shape index (κ1) is 13.5. The molecule has 2 rings (SSSR count). The SMILES string of the molecule is CCC(N)C(c1ccncc1)N(CCO)C1CC1. The van der Waals surface area contributed by atoms with Crippen molar-refractivity contribution in [1.82, 2.24) is 9.88 Å². The zero-order valence-electron chi connectivity index (χ0n) is 11.0. The van der Waals surface area contributed by atoms with Gasteiger partial charge in [-0.05, 0) is 37.0 Å². The van der Waals surface area contributed by atoms with E-state index in [4.69, 9.17) is 5.73 Å². The van der Waals surface area contributed by atoms with Crippen LogP contribution in [0.3, 0.4) is 0 Å². The fourth-order valence-electron chi connectivity index (χ4n) is 2.54. The van der Waals surface area contributed by atoms with Crippen LogP contribution in [0.5, 0.6) is 0 Å². The van der Waals surface area contributed by atoms with Gasteiger partial charge in [0.05, 0.1) is 12.6 Å². The molecular formula is C14H23N3O. The van der Waals surface area contributed by atoms with Gasteiger partial charge < -0.3 is 10.8 Å². The van der Waals surface area contributed by atoms with E-state index in [2.05, 4.69) is 16.8 Å². The highest BCUT2D eigenvalue weighted by Gasteiger charge is 2.36. The van der Waals surface area contributed by atoms with Crippen molar-refractivity contribution >= 4 is 0 Å². The molecule has 100 valence electrons. The van der Waals surface area contributed by atoms with Gasteiger partial charge >= 0.3 is 0 Å². The second kappa shape index (κ2) is 6.27. The highest BCUT2D eigenvalue weighted by Crippen LogP contribution is 2.35. The molecule has 1 heterocycles. The highest BCUT2D eigenvalue weighted by atomic mass is 16.3. The third kappa shape index (κ3) is 3.07. The summed E-state index contributed by atoms with van der Waals surface area (Å²) in [5.41, 5.74) is 7.51. The number of aliphatic hydroxyl groups is 1. The lowest BCUT2D eigenvalue weighted by Crippen LogP contribution is -2.43. The average Bonchev–Trinajstić information content (AvgIpc) is 3.23. The molecule has 0 radical (unpaired) electrons. The predicted octanol–water partition coefficient (Wildman–Crippen LogP) is 1.32. The average molecular weight is 249 g/mol. The normalized spacial score (nSPS) is 18.9. The first-order valence-electron chi connectivity index (χ1n) is 6.80. The molecular weight excluding hydrogens is 226 g/mol. The Bertz CT molecular complexity index is 353. The Morgan fingerprint density at radius 1 is 1.44 bits per heavy atom. The minimum atomic E-state index is 0.0968. The largest absolute Gasteiger partial charge is 0.395 e. The van der Waals surface area contributed by atoms with E-state index in [1.165, 1.54) is 18.4 Å². The quantitative estimate of drug-likeness (QED) is 0.765. The number of pyridine rings is 1. The summed E-state index contributed by atoms with van der Waals surface area (Å²) in [6, 6.07) is 4.95. The fourth-order valence-corrected chi connectivity index (χ4v) is 2.54. The molecule has 1 aliphatic carbocycles. The lowest BCUT2D eigenvalue weighted by atomic mass is 9.97. The molecule has 2 atom stereocenters. The van der Waals surface area contributed by atoms with Gasteiger partial charge in [-0.3, -0.25) is 9.88 Å². The van der Waals surface area contributed by atoms with Crippen molar-refractivity contribution in [3.8, 4) is 0 Å². The van der Waals surface area contributed by atoms with Crippen LogP contribution in [0.2, 0.25) is 0 Å². The number of hydrogen-bond acceptors (Lipinski definition) is 4. The van der Waals surface area contributed by atoms with E-state index in [1.54, 1.807) is 0 Å². The van der Waals surface area contributed by atoms with Gasteiger partial charge in [-0.25, -0.2) is 0 Å². The van der Waals surface area contributed by atoms with Crippen molar-refractivity contribution in [2.45, 2.75) is 44.3 Å². The van der Waals surface area contributed by atoms with E-state index in [-0.39, 0.29) is 18.7 Å². The van der Waals surface area contributed by atoms with Crippen LogP contribution in [0, 0.1) is 0 Å². The van der Waals surface area contributed by atoms with Crippen molar-refractivity contribution in [2.24, 2.45) is 5.73 Å². The van der Waals surface area contributed by atoms with Crippen molar-refractivity contribution in [3.05, 3.63) is 30.1 Å². The van der Waals surface area contributed by atoms with Crippen LogP contribution in [0.1, 0.15) is 37.8 Å². The fraction of sp³-hybridized carbons (Fsp3) is 0.643. The van der Waals surface area contributed by atoms with Crippen LogP contribution in [0.4, 0.5) is 0 Å². The molecule has 0 saturated heterocycles. The summed E-state index contributed by atoms with van der Waals surface area (Å²) in [5, 5.41) is 9.27. The van der Waals surface area contributed by atoms with Crippen LogP contribution >= 0.6 is 0 Å². The topological polar surface area (TPSA) is 62.4 Å². The maximum Gasteiger partial charge on any atom is 0.0558 e. The van der Waals surface area contributed by atoms with Gasteiger partial charge in [0.25, 0.3) is 0 Å². The van der Waals surface area contributed by atoms with E-state index in [0.29, 0.717) is 12.6 Å². The van der Waals surface area contributed by atoms with Gasteiger partial charge in [-0.1, -0.05) is 6.92 Å². The standard InChI is InChI=1S/C14H23N3O/c1-2-13(15)14(11-5-7-16-8-6-11)17(9-10-18)12-3-4-12/h5-8,12-14,18H,2-4,9-10,15H2,1H3. The maximum absolute atomic E-state index is 9.27. The monoisotopic (exact) mass is 249 g/mol. The molecule has 0 spiro atoms. The number of nitrogens with two attached hydrogens (primary N) is 1. The maximum atomic E-state index is 9.27. The van der Waals surface area contributed by atoms with Crippen LogP contribution in [0.25, 0.3) is 0 Å². The van der Waals surface area contributed by atoms with Crippen LogP contribution in [-0.2, 0) is 0 Å². The second-order valence-electron chi connectivity index (χ2n) is 4.99. The van der Waals surface area contributed by atoms with E-state index in [1.807, 2.05) is 24.5 Å². The zero-order valence-corrected chi connectivity index (χ0v) is 11.0. The second-order valence-corrected chi connectivity index (χ2v) is 4.99. The Morgan fingerprint density at radius 3 is 2.61 bits per heavy atom. The number of hydrogen-bond donors (Lipinski definition) is 2. The third-order valence-corrected chi connectivity index (χ3v) is 3.66. The molecule has 18 heavy (non-hydrogen) atoms. The number of aromatic nitrogens is 1. The Balaban J connectivity index is 2.23. The van der Waals surface area contributed by atoms with Gasteiger partial charge in [0.15, 0.2) is 0 Å². The first-order valence-corrected chi connectivity index (χ1v) is 6.80. The van der Waals surface area contributed by atoms with Gasteiger partial charge in [-0.15, -0.1) is 0 Å². The molecule has 1 aromatic heterocycles. The van der Waals surface area contributed by atoms with Crippen LogP contribution in [-0.4, -0.2) is 40.2 Å². The summed E-state index contributed by atoms with van der Waals surface area (Å²) >= 11 is 0. The molecule has 0 aliphatic heterocycles. The van der Waals surface area contributed by atoms with E-state index >= 15 is 0 Å². The van der Waals surface area contributed by atoms with Crippen LogP contribution in [0.15, 0.2) is 24.5 Å². The Labute approximate surface area is 109 Å². The minimum Gasteiger partial charge on any atom is -0.395 e. The van der Waals surface area contributed by atoms with Crippen molar-refractivity contribution in [1.29, 1.82) is 0 Å². The molecule has 0 aromatic carbocycles. The lowest BCUT2D eigenvalue weighted by molar-refractivity contribution is 0.124. The molecule has 0 amide bonds. The molecule has 1 fully saturated rings. The Morgan fingerprint density at radius 2 is 2.11 bits per heavy atom. The lowest BCUT2D eigenvalue weighted by Gasteiger charge is -2.35. The highest BCUT2D eigenvalue weighted by molar-refractivity contribution is 5.18. The Hall–Kier alpha value is -0.970. The molecule has 2 unspecified atom stereocenters. The summed E-state index contributed by atoms with van der Waals surface area (Å²) in [7, 11) is 0. The van der Waals surface area contributed by atoms with Crippen molar-refractivity contribution in [2.75, 3.05) is 13.2 Å². The molecule has 1 aliphatic rings. The zero-order chi connectivity index (χ0) is 13.0. The molecule has 1 aromatic rings. The predicted molar refractivity (Wildman–Crippen MR) is 72.1 cm³/mol. The Kier molecular flexibility index (Phi) is 4.69. The summed E-state index contributed by atoms with van der Waals surface area (Å²) < 4.78 is 0. The molecule has 4 heteroatoms. The summed E-state index contributed by atoms with van der Waals surface area (Å²) in [5.74, 6) is 0. The first-order chi connectivity index (χ1) is 8.77. The summed E-state index contributed by atoms with van der Waals surface area (Å²) in [4.78, 5) is 6.43. The van der Waals surface area contributed by atoms with Gasteiger partial charge in [0.1, 0.15) is 0 Å². The molecule has 4 nitrogen and oxygen atoms in total. The van der Waals surface area contributed by atoms with E-state index in [9.17, 15) is 5.11 Å². The number of rotatable bonds is 7. The van der Waals surface area contributed by atoms with Crippen molar-refractivity contribution < 1.29 is 5.11 Å². The van der Waals surface area contributed by atoms with Gasteiger partial charge in [-0.2, -0.15) is 0 Å². The number of aliphatic hydroxyl groups excluding tert-OH is 1. The number of nitrogens with zero attached hydrogens (tertiary/aromatic N) is 2. The van der Waals surface area contributed by atoms with Crippen molar-refractivity contribution in [3.63, 3.8) is 0 Å². The molecule has 1 saturated carbocycles. The molecule has 3 N–H and O–H groups in total. The van der Waals surface area contributed by atoms with E-state index < -0.39 is 0 Å². The van der Waals surface area contributed by atoms with Crippen LogP contribution < -0.4 is 5.73 Å².